The first-order valence-corrected chi connectivity index (χ1v) is 3.67. The van der Waals surface area contributed by atoms with E-state index in [1.807, 2.05) is 0 Å². The normalized spacial score (nSPS) is 17.7. The van der Waals surface area contributed by atoms with Crippen molar-refractivity contribution in [2.45, 2.75) is 0 Å². The van der Waals surface area contributed by atoms with Crippen molar-refractivity contribution in [1.82, 2.24) is 10.8 Å². The minimum Gasteiger partial charge on any atom is -0.247 e. The third-order valence-corrected chi connectivity index (χ3v) is 1.50. The molecule has 0 amide bonds. The predicted octanol–water partition coefficient (Wildman–Crippen LogP) is 1.18. The zero-order valence-corrected chi connectivity index (χ0v) is 5.95. The molecule has 0 saturated carbocycles. The van der Waals surface area contributed by atoms with Crippen LogP contribution in [-0.2, 0) is 0 Å². The Kier molecular flexibility index (Phi) is 2.10. The van der Waals surface area contributed by atoms with E-state index in [9.17, 15) is 8.87 Å². The third kappa shape index (κ3) is 1.60. The van der Waals surface area contributed by atoms with Crippen molar-refractivity contribution in [3.8, 4) is 0 Å². The van der Waals surface area contributed by atoms with Gasteiger partial charge < -0.3 is 0 Å². The summed E-state index contributed by atoms with van der Waals surface area (Å²) in [5, 5.41) is 3.02. The Morgan fingerprint density at radius 1 is 1.80 bits per heavy atom. The first-order chi connectivity index (χ1) is 4.72. The van der Waals surface area contributed by atoms with Gasteiger partial charge in [-0.2, -0.15) is 4.39 Å². The molecule has 0 aromatic heterocycles. The summed E-state index contributed by atoms with van der Waals surface area (Å²) >= 11 is 1.20. The lowest BCUT2D eigenvalue weighted by molar-refractivity contribution is -0.0167. The quantitative estimate of drug-likeness (QED) is 0.591. The zero-order chi connectivity index (χ0) is 7.56. The Bertz CT molecular complexity index is 191. The summed E-state index contributed by atoms with van der Waals surface area (Å²) in [5.41, 5.74) is 2.16. The van der Waals surface area contributed by atoms with Crippen LogP contribution in [-0.4, -0.2) is 17.6 Å². The van der Waals surface area contributed by atoms with Crippen molar-refractivity contribution in [2.24, 2.45) is 5.10 Å². The van der Waals surface area contributed by atoms with Gasteiger partial charge in [0, 0.05) is 6.08 Å². The number of hydrogen-bond donors (Lipinski definition) is 1. The van der Waals surface area contributed by atoms with Gasteiger partial charge in [-0.25, -0.2) is 5.43 Å². The highest BCUT2D eigenvalue weighted by molar-refractivity contribution is 8.02. The van der Waals surface area contributed by atoms with E-state index in [1.165, 1.54) is 11.8 Å². The fourth-order valence-electron chi connectivity index (χ4n) is 0.474. The number of hydrazone groups is 1. The highest BCUT2D eigenvalue weighted by atomic mass is 32.2. The maximum atomic E-state index is 12.2. The molecule has 1 N–H and O–H groups in total. The van der Waals surface area contributed by atoms with Crippen LogP contribution in [0, 0.1) is 0 Å². The lowest BCUT2D eigenvalue weighted by Crippen LogP contribution is -2.28. The van der Waals surface area contributed by atoms with Crippen molar-refractivity contribution in [3.63, 3.8) is 0 Å². The molecular formula is C4H5F2N3S. The van der Waals surface area contributed by atoms with Gasteiger partial charge in [0.2, 0.25) is 5.97 Å². The van der Waals surface area contributed by atoms with Crippen LogP contribution in [0.2, 0.25) is 0 Å². The number of halogens is 2. The zero-order valence-electron chi connectivity index (χ0n) is 5.14. The first kappa shape index (κ1) is 7.33. The first-order valence-electron chi connectivity index (χ1n) is 2.44. The highest BCUT2D eigenvalue weighted by Crippen LogP contribution is 2.12. The van der Waals surface area contributed by atoms with E-state index in [2.05, 4.69) is 10.5 Å². The second-order valence-corrected chi connectivity index (χ2v) is 2.36. The van der Waals surface area contributed by atoms with Gasteiger partial charge in [-0.15, -0.1) is 11.8 Å². The van der Waals surface area contributed by atoms with Crippen LogP contribution in [0.3, 0.4) is 0 Å². The van der Waals surface area contributed by atoms with E-state index in [0.29, 0.717) is 5.03 Å². The molecule has 1 rings (SSSR count). The van der Waals surface area contributed by atoms with Gasteiger partial charge in [0.25, 0.3) is 0 Å². The molecule has 0 saturated heterocycles. The van der Waals surface area contributed by atoms with E-state index < -0.39 is 5.97 Å². The van der Waals surface area contributed by atoms with Crippen molar-refractivity contribution in [2.75, 3.05) is 6.26 Å². The van der Waals surface area contributed by atoms with Crippen LogP contribution in [0.5, 0.6) is 0 Å². The van der Waals surface area contributed by atoms with Crippen LogP contribution in [0.1, 0.15) is 0 Å². The van der Waals surface area contributed by atoms with Crippen molar-refractivity contribution >= 4 is 17.7 Å². The van der Waals surface area contributed by atoms with Crippen LogP contribution in [0.15, 0.2) is 16.2 Å². The van der Waals surface area contributed by atoms with E-state index in [1.54, 1.807) is 6.26 Å². The van der Waals surface area contributed by atoms with Crippen molar-refractivity contribution in [1.29, 1.82) is 0 Å². The smallest absolute Gasteiger partial charge is 0.238 e. The Hall–Kier alpha value is -0.780. The highest BCUT2D eigenvalue weighted by Gasteiger charge is 2.09. The number of thioether (sulfide) groups is 1. The Morgan fingerprint density at radius 2 is 2.50 bits per heavy atom. The average molecular weight is 165 g/mol. The Morgan fingerprint density at radius 3 is 3.00 bits per heavy atom. The van der Waals surface area contributed by atoms with Crippen LogP contribution >= 0.6 is 11.8 Å². The lowest BCUT2D eigenvalue weighted by atomic mass is 10.6. The van der Waals surface area contributed by atoms with E-state index in [4.69, 9.17) is 0 Å². The number of hydrazine groups is 1. The van der Waals surface area contributed by atoms with Crippen LogP contribution in [0.25, 0.3) is 0 Å². The van der Waals surface area contributed by atoms with Crippen LogP contribution in [0.4, 0.5) is 8.87 Å². The molecule has 0 spiro atoms. The summed E-state index contributed by atoms with van der Waals surface area (Å²) in [5.74, 6) is -0.842. The molecular weight excluding hydrogens is 160 g/mol. The molecule has 0 bridgehead atoms. The van der Waals surface area contributed by atoms with E-state index >= 15 is 0 Å². The SMILES string of the molecule is CSC1=CC(F)=NN(F)N1. The number of hydrogen-bond acceptors (Lipinski definition) is 4. The van der Waals surface area contributed by atoms with E-state index in [0.717, 1.165) is 6.08 Å². The molecule has 0 unspecified atom stereocenters. The molecule has 6 heteroatoms. The fourth-order valence-corrected chi connectivity index (χ4v) is 0.855. The van der Waals surface area contributed by atoms with Gasteiger partial charge in [0.1, 0.15) is 0 Å². The fraction of sp³-hybridized carbons (Fsp3) is 0.250. The molecule has 0 aliphatic carbocycles. The number of rotatable bonds is 1. The molecule has 1 aliphatic heterocycles. The van der Waals surface area contributed by atoms with Gasteiger partial charge in [-0.1, -0.05) is 9.58 Å². The minimum atomic E-state index is -0.842. The molecule has 3 nitrogen and oxygen atoms in total. The number of nitrogens with one attached hydrogen (secondary N) is 1. The van der Waals surface area contributed by atoms with Gasteiger partial charge in [-0.3, -0.25) is 0 Å². The second kappa shape index (κ2) is 2.87. The number of nitrogens with zero attached hydrogens (tertiary/aromatic N) is 2. The summed E-state index contributed by atoms with van der Waals surface area (Å²) in [6.45, 7) is 0. The summed E-state index contributed by atoms with van der Waals surface area (Å²) in [7, 11) is 0. The average Bonchev–Trinajstić information content (AvgIpc) is 1.85. The van der Waals surface area contributed by atoms with Gasteiger partial charge >= 0.3 is 0 Å². The summed E-state index contributed by atoms with van der Waals surface area (Å²) < 4.78 is 24.3. The molecule has 1 heterocycles. The molecule has 10 heavy (non-hydrogen) atoms. The summed E-state index contributed by atoms with van der Waals surface area (Å²) in [6, 6.07) is 0. The Labute approximate surface area is 60.7 Å². The molecule has 56 valence electrons. The second-order valence-electron chi connectivity index (χ2n) is 1.51. The molecule has 1 aliphatic rings. The topological polar surface area (TPSA) is 27.6 Å². The standard InChI is InChI=1S/C4H5F2N3S/c1-10-4-2-3(5)7-9(6)8-4/h2,8H,1H3. The Balaban J connectivity index is 2.70. The monoisotopic (exact) mass is 165 g/mol. The largest absolute Gasteiger partial charge is 0.247 e. The minimum absolute atomic E-state index is 0.166. The summed E-state index contributed by atoms with van der Waals surface area (Å²) in [4.78, 5) is 0. The lowest BCUT2D eigenvalue weighted by Gasteiger charge is -2.14. The van der Waals surface area contributed by atoms with Gasteiger partial charge in [0.15, 0.2) is 0 Å². The molecule has 0 radical (unpaired) electrons. The third-order valence-electron chi connectivity index (χ3n) is 0.856. The van der Waals surface area contributed by atoms with Crippen molar-refractivity contribution in [3.05, 3.63) is 11.1 Å². The predicted molar refractivity (Wildman–Crippen MR) is 36.2 cm³/mol. The molecule has 0 aromatic carbocycles. The maximum Gasteiger partial charge on any atom is 0.238 e. The summed E-state index contributed by atoms with van der Waals surface area (Å²) in [6.07, 6.45) is 2.81. The maximum absolute atomic E-state index is 12.2. The van der Waals surface area contributed by atoms with Crippen LogP contribution < -0.4 is 5.43 Å². The molecule has 0 atom stereocenters. The molecule has 0 aromatic rings. The van der Waals surface area contributed by atoms with Gasteiger partial charge in [0.05, 0.1) is 5.03 Å². The molecule has 0 fully saturated rings. The van der Waals surface area contributed by atoms with E-state index in [-0.39, 0.29) is 5.34 Å². The number of allylic oxidation sites excluding steroid dienone is 1. The van der Waals surface area contributed by atoms with Crippen molar-refractivity contribution < 1.29 is 8.87 Å². The van der Waals surface area contributed by atoms with Gasteiger partial charge in [-0.05, 0) is 11.6 Å².